The van der Waals surface area contributed by atoms with E-state index in [1.54, 1.807) is 0 Å². The van der Waals surface area contributed by atoms with Gasteiger partial charge >= 0.3 is 0 Å². The van der Waals surface area contributed by atoms with Crippen LogP contribution in [-0.2, 0) is 26.5 Å². The molecule has 48 heavy (non-hydrogen) atoms. The maximum absolute atomic E-state index is 5.05. The molecule has 2 aromatic heterocycles. The molecule has 0 unspecified atom stereocenters. The third kappa shape index (κ3) is 5.32. The molecule has 6 heteroatoms. The molecule has 7 aromatic rings. The van der Waals surface area contributed by atoms with Crippen LogP contribution in [-0.4, -0.2) is 20.0 Å². The van der Waals surface area contributed by atoms with Gasteiger partial charge in [0.15, 0.2) is 0 Å². The number of anilines is 3. The number of hydroxylamine groups is 1. The van der Waals surface area contributed by atoms with E-state index < -0.39 is 5.41 Å². The summed E-state index contributed by atoms with van der Waals surface area (Å²) in [5.74, 6) is 0.870. The summed E-state index contributed by atoms with van der Waals surface area (Å²) in [6.45, 7) is 11.0. The fraction of sp³-hybridized carbons (Fsp3) is 0.167. The van der Waals surface area contributed by atoms with Crippen molar-refractivity contribution in [3.63, 3.8) is 0 Å². The van der Waals surface area contributed by atoms with Gasteiger partial charge in [0.2, 0.25) is 0 Å². The Balaban J connectivity index is 0.00000364. The summed E-state index contributed by atoms with van der Waals surface area (Å²) in [6, 6.07) is 50.0. The van der Waals surface area contributed by atoms with Crippen LogP contribution < -0.4 is 10.1 Å². The predicted molar refractivity (Wildman–Crippen MR) is 193 cm³/mol. The largest absolute Gasteiger partial charge is 0.319 e. The second-order valence-corrected chi connectivity index (χ2v) is 13.7. The molecule has 0 saturated carbocycles. The smallest absolute Gasteiger partial charge is 0.145 e. The van der Waals surface area contributed by atoms with Gasteiger partial charge in [-0.05, 0) is 73.0 Å². The molecule has 0 bridgehead atoms. The van der Waals surface area contributed by atoms with Crippen LogP contribution in [0.2, 0.25) is 0 Å². The van der Waals surface area contributed by atoms with Crippen molar-refractivity contribution >= 4 is 38.9 Å². The van der Waals surface area contributed by atoms with Crippen molar-refractivity contribution in [2.75, 3.05) is 10.1 Å². The molecule has 0 spiro atoms. The molecule has 1 N–H and O–H groups in total. The van der Waals surface area contributed by atoms with Gasteiger partial charge in [0.25, 0.3) is 0 Å². The first-order valence-corrected chi connectivity index (χ1v) is 16.1. The van der Waals surface area contributed by atoms with Gasteiger partial charge in [-0.2, -0.15) is 46.4 Å². The van der Waals surface area contributed by atoms with E-state index in [1.165, 1.54) is 5.39 Å². The summed E-state index contributed by atoms with van der Waals surface area (Å²) >= 11 is 0. The fourth-order valence-corrected chi connectivity index (χ4v) is 6.62. The van der Waals surface area contributed by atoms with Crippen molar-refractivity contribution in [3.05, 3.63) is 151 Å². The van der Waals surface area contributed by atoms with Crippen molar-refractivity contribution in [3.8, 4) is 16.9 Å². The second-order valence-electron chi connectivity index (χ2n) is 13.7. The van der Waals surface area contributed by atoms with E-state index in [0.29, 0.717) is 0 Å². The third-order valence-corrected chi connectivity index (χ3v) is 9.17. The molecule has 0 amide bonds. The van der Waals surface area contributed by atoms with Gasteiger partial charge < -0.3 is 4.57 Å². The van der Waals surface area contributed by atoms with Gasteiger partial charge in [0.05, 0.1) is 0 Å². The Morgan fingerprint density at radius 3 is 2.12 bits per heavy atom. The molecule has 0 aliphatic carbocycles. The van der Waals surface area contributed by atoms with Crippen LogP contribution in [0.5, 0.6) is 0 Å². The maximum Gasteiger partial charge on any atom is 0.145 e. The molecule has 0 atom stereocenters. The molecule has 1 aliphatic rings. The molecule has 0 fully saturated rings. The maximum atomic E-state index is 5.05. The van der Waals surface area contributed by atoms with Crippen LogP contribution in [0.4, 0.5) is 17.1 Å². The van der Waals surface area contributed by atoms with Crippen molar-refractivity contribution in [1.29, 1.82) is 0 Å². The Hall–Kier alpha value is -4.70. The number of benzene rings is 5. The summed E-state index contributed by atoms with van der Waals surface area (Å²) < 4.78 is 2.25. The van der Waals surface area contributed by atoms with Gasteiger partial charge in [-0.15, -0.1) is 27.6 Å². The number of pyridine rings is 1. The second kappa shape index (κ2) is 12.1. The fourth-order valence-electron chi connectivity index (χ4n) is 6.62. The minimum absolute atomic E-state index is 0. The van der Waals surface area contributed by atoms with Crippen LogP contribution in [0.25, 0.3) is 38.8 Å². The standard InChI is InChI=1S/C42H36N4O.Pt/c1-41(2,3)46-38-21-12-11-20-37(38)45(47-46)33-17-13-16-31(27-33)42(4,5)32-22-23-35-34-18-9-10-19-36(34)44(39(35)28-32)40-26-30(24-25-43-40)29-14-7-6-8-15-29;/h6-26H,1-5H3;/q-2;/p+1. The summed E-state index contributed by atoms with van der Waals surface area (Å²) in [7, 11) is 0. The van der Waals surface area contributed by atoms with Crippen LogP contribution >= 0.6 is 0 Å². The van der Waals surface area contributed by atoms with Gasteiger partial charge in [-0.1, -0.05) is 80.0 Å². The molecule has 5 aromatic carbocycles. The first-order chi connectivity index (χ1) is 22.7. The first-order valence-electron chi connectivity index (χ1n) is 16.1. The predicted octanol–water partition coefficient (Wildman–Crippen LogP) is 10.4. The van der Waals surface area contributed by atoms with E-state index in [4.69, 9.17) is 9.92 Å². The number of rotatable bonds is 5. The molecular weight excluding hydrogens is 772 g/mol. The van der Waals surface area contributed by atoms with Crippen molar-refractivity contribution in [1.82, 2.24) is 9.55 Å². The first kappa shape index (κ1) is 31.9. The van der Waals surface area contributed by atoms with Crippen molar-refractivity contribution in [2.24, 2.45) is 0 Å². The number of hydrogen-bond donors (Lipinski definition) is 0. The van der Waals surface area contributed by atoms with Gasteiger partial charge in [-0.3, -0.25) is 0 Å². The van der Waals surface area contributed by atoms with Crippen LogP contribution in [0.15, 0.2) is 128 Å². The summed E-state index contributed by atoms with van der Waals surface area (Å²) in [5, 5.41) is 6.44. The molecule has 5 nitrogen and oxygen atoms in total. The quantitative estimate of drug-likeness (QED) is 0.128. The Labute approximate surface area is 296 Å². The van der Waals surface area contributed by atoms with Gasteiger partial charge in [-0.25, -0.2) is 4.98 Å². The number of nitrogens with zero attached hydrogens (tertiary/aromatic N) is 4. The zero-order chi connectivity index (χ0) is 32.3. The van der Waals surface area contributed by atoms with Gasteiger partial charge in [0, 0.05) is 38.5 Å². The molecular formula is C42H37N4OPt-. The van der Waals surface area contributed by atoms with E-state index in [1.807, 2.05) is 17.3 Å². The Bertz CT molecular complexity index is 2270. The van der Waals surface area contributed by atoms with Crippen LogP contribution in [0.1, 0.15) is 45.7 Å². The average Bonchev–Trinajstić information content (AvgIpc) is 3.65. The van der Waals surface area contributed by atoms with Crippen molar-refractivity contribution < 1.29 is 26.0 Å². The molecule has 242 valence electrons. The molecule has 8 rings (SSSR count). The molecule has 0 saturated heterocycles. The zero-order valence-corrected chi connectivity index (χ0v) is 29.9. The van der Waals surface area contributed by atoms with E-state index in [9.17, 15) is 0 Å². The molecule has 0 radical (unpaired) electrons. The summed E-state index contributed by atoms with van der Waals surface area (Å²) in [4.78, 5) is 9.92. The Morgan fingerprint density at radius 1 is 0.625 bits per heavy atom. The summed E-state index contributed by atoms with van der Waals surface area (Å²) in [6.07, 6.45) is 1.90. The van der Waals surface area contributed by atoms with Crippen molar-refractivity contribution in [2.45, 2.75) is 45.6 Å². The number of hydrogen-bond acceptors (Lipinski definition) is 3. The molecule has 1 aliphatic heterocycles. The molecule has 3 heterocycles. The van der Waals surface area contributed by atoms with E-state index in [0.717, 1.165) is 61.6 Å². The minimum atomic E-state index is -0.395. The van der Waals surface area contributed by atoms with Gasteiger partial charge in [0.1, 0.15) is 22.7 Å². The third-order valence-electron chi connectivity index (χ3n) is 9.17. The zero-order valence-electron chi connectivity index (χ0n) is 27.7. The monoisotopic (exact) mass is 808 g/mol. The van der Waals surface area contributed by atoms with E-state index in [-0.39, 0.29) is 26.6 Å². The van der Waals surface area contributed by atoms with E-state index >= 15 is 0 Å². The van der Waals surface area contributed by atoms with Crippen LogP contribution in [0, 0.1) is 12.1 Å². The SMILES string of the molecule is CC(C)(c1[c-]c(N2[OH+]N(C(C)(C)C)c3ccccc32)ccc1)c1[c-]c2c(cc1)c1ccccc1n2-c1cc(-c2ccccc2)ccn1.[Pt]. The minimum Gasteiger partial charge on any atom is -0.319 e. The average molecular weight is 809 g/mol. The number of aromatic nitrogens is 2. The number of para-hydroxylation sites is 3. The topological polar surface area (TPSA) is 37.1 Å². The number of fused-ring (bicyclic) bond motifs is 4. The van der Waals surface area contributed by atoms with Crippen LogP contribution in [0.3, 0.4) is 0 Å². The Morgan fingerprint density at radius 2 is 1.33 bits per heavy atom. The van der Waals surface area contributed by atoms with E-state index in [2.05, 4.69) is 172 Å². The normalized spacial score (nSPS) is 13.2. The summed E-state index contributed by atoms with van der Waals surface area (Å²) in [5.41, 5.74) is 9.05. The Kier molecular flexibility index (Phi) is 8.02.